The Kier molecular flexibility index (Phi) is 5.13. The largest absolute Gasteiger partial charge is 0.423 e. The molecule has 2 aromatic rings. The molecule has 0 atom stereocenters. The quantitative estimate of drug-likeness (QED) is 0.447. The normalized spacial score (nSPS) is 12.8. The van der Waals surface area contributed by atoms with Crippen LogP contribution in [0.5, 0.6) is 5.75 Å². The molecule has 1 aliphatic rings. The Bertz CT molecular complexity index is 942. The van der Waals surface area contributed by atoms with Gasteiger partial charge in [-0.1, -0.05) is 25.0 Å². The van der Waals surface area contributed by atoms with Crippen molar-refractivity contribution in [2.24, 2.45) is 0 Å². The van der Waals surface area contributed by atoms with Crippen LogP contribution in [0.25, 0.3) is 0 Å². The lowest BCUT2D eigenvalue weighted by atomic mass is 9.88. The molecule has 3 rings (SSSR count). The summed E-state index contributed by atoms with van der Waals surface area (Å²) in [6, 6.07) is 8.02. The number of nitrogens with zero attached hydrogens (tertiary/aromatic N) is 1. The van der Waals surface area contributed by atoms with Gasteiger partial charge in [0.15, 0.2) is 0 Å². The molecule has 0 unspecified atom stereocenters. The molecule has 0 spiro atoms. The fourth-order valence-electron chi connectivity index (χ4n) is 3.06. The van der Waals surface area contributed by atoms with Crippen molar-refractivity contribution in [3.63, 3.8) is 0 Å². The Morgan fingerprint density at radius 1 is 1.19 bits per heavy atom. The molecule has 0 aromatic heterocycles. The average molecular weight is 353 g/mol. The van der Waals surface area contributed by atoms with Crippen LogP contribution < -0.4 is 4.74 Å². The van der Waals surface area contributed by atoms with E-state index in [1.807, 2.05) is 0 Å². The van der Waals surface area contributed by atoms with E-state index in [4.69, 9.17) is 10.00 Å². The molecule has 132 valence electrons. The van der Waals surface area contributed by atoms with Crippen LogP contribution in [0.3, 0.4) is 0 Å². The zero-order valence-electron chi connectivity index (χ0n) is 14.3. The number of carbonyl (C=O) groups excluding carboxylic acids is 1. The third kappa shape index (κ3) is 3.65. The first-order valence-corrected chi connectivity index (χ1v) is 8.42. The Morgan fingerprint density at radius 3 is 2.69 bits per heavy atom. The topological polar surface area (TPSA) is 50.1 Å². The number of rotatable bonds is 4. The number of fused-ring (bicyclic) bond motifs is 1. The van der Waals surface area contributed by atoms with E-state index >= 15 is 0 Å². The predicted octanol–water partition coefficient (Wildman–Crippen LogP) is 4.88. The van der Waals surface area contributed by atoms with Crippen LogP contribution >= 0.6 is 0 Å². The number of carbonyl (C=O) groups is 1. The van der Waals surface area contributed by atoms with Gasteiger partial charge in [-0.3, -0.25) is 0 Å². The fraction of sp³-hybridized carbons (Fsp3) is 0.238. The van der Waals surface area contributed by atoms with Gasteiger partial charge >= 0.3 is 5.97 Å². The highest BCUT2D eigenvalue weighted by Crippen LogP contribution is 2.27. The van der Waals surface area contributed by atoms with Crippen molar-refractivity contribution < 1.29 is 18.3 Å². The molecule has 26 heavy (non-hydrogen) atoms. The first-order chi connectivity index (χ1) is 12.5. The number of benzene rings is 2. The van der Waals surface area contributed by atoms with Gasteiger partial charge in [0.25, 0.3) is 0 Å². The number of hydrogen-bond donors (Lipinski definition) is 0. The van der Waals surface area contributed by atoms with Crippen LogP contribution in [0.1, 0.15) is 46.8 Å². The minimum atomic E-state index is -0.891. The van der Waals surface area contributed by atoms with Gasteiger partial charge in [0, 0.05) is 6.07 Å². The maximum absolute atomic E-state index is 14.4. The summed E-state index contributed by atoms with van der Waals surface area (Å²) in [5, 5.41) is 8.72. The summed E-state index contributed by atoms with van der Waals surface area (Å²) in [6.07, 6.45) is 5.48. The summed E-state index contributed by atoms with van der Waals surface area (Å²) in [5.74, 6) is -2.41. The van der Waals surface area contributed by atoms with Crippen LogP contribution in [0.2, 0.25) is 0 Å². The lowest BCUT2D eigenvalue weighted by Crippen LogP contribution is -2.14. The number of halogens is 2. The van der Waals surface area contributed by atoms with E-state index in [0.717, 1.165) is 30.0 Å². The van der Waals surface area contributed by atoms with E-state index in [1.165, 1.54) is 29.8 Å². The Balaban J connectivity index is 1.82. The molecule has 0 saturated heterocycles. The van der Waals surface area contributed by atoms with Gasteiger partial charge in [-0.2, -0.15) is 5.26 Å². The standard InChI is InChI=1S/C21H17F2NO2/c1-2-3-13-4-5-14-9-18(20(23)10-16(14)8-13)21(25)26-17-7-6-15(12-24)19(22)11-17/h4,6-7,9-11H,2-3,5,8H2,1H3. The van der Waals surface area contributed by atoms with Crippen molar-refractivity contribution in [3.05, 3.63) is 75.9 Å². The van der Waals surface area contributed by atoms with Crippen molar-refractivity contribution in [2.45, 2.75) is 32.6 Å². The summed E-state index contributed by atoms with van der Waals surface area (Å²) in [6.45, 7) is 2.10. The first kappa shape index (κ1) is 17.8. The monoisotopic (exact) mass is 353 g/mol. The fourth-order valence-corrected chi connectivity index (χ4v) is 3.06. The molecule has 5 heteroatoms. The van der Waals surface area contributed by atoms with E-state index in [2.05, 4.69) is 13.0 Å². The number of allylic oxidation sites excluding steroid dienone is 2. The molecule has 1 aliphatic carbocycles. The van der Waals surface area contributed by atoms with Gasteiger partial charge in [-0.25, -0.2) is 13.6 Å². The summed E-state index contributed by atoms with van der Waals surface area (Å²) in [5.41, 5.74) is 2.72. The zero-order chi connectivity index (χ0) is 18.7. The number of hydrogen-bond acceptors (Lipinski definition) is 3. The maximum atomic E-state index is 14.4. The highest BCUT2D eigenvalue weighted by molar-refractivity contribution is 5.91. The third-order valence-corrected chi connectivity index (χ3v) is 4.38. The van der Waals surface area contributed by atoms with Gasteiger partial charge in [0.1, 0.15) is 23.5 Å². The summed E-state index contributed by atoms with van der Waals surface area (Å²) in [7, 11) is 0. The molecule has 0 saturated carbocycles. The van der Waals surface area contributed by atoms with Crippen LogP contribution in [0.4, 0.5) is 8.78 Å². The van der Waals surface area contributed by atoms with Gasteiger partial charge < -0.3 is 4.74 Å². The van der Waals surface area contributed by atoms with E-state index in [-0.39, 0.29) is 16.9 Å². The van der Waals surface area contributed by atoms with Gasteiger partial charge in [0.2, 0.25) is 0 Å². The Morgan fingerprint density at radius 2 is 2.00 bits per heavy atom. The molecule has 0 heterocycles. The smallest absolute Gasteiger partial charge is 0.346 e. The number of nitriles is 1. The third-order valence-electron chi connectivity index (χ3n) is 4.38. The SMILES string of the molecule is CCCC1=CCc2cc(C(=O)Oc3ccc(C#N)c(F)c3)c(F)cc2C1. The number of ether oxygens (including phenoxy) is 1. The van der Waals surface area contributed by atoms with Crippen LogP contribution in [0.15, 0.2) is 42.0 Å². The van der Waals surface area contributed by atoms with Crippen LogP contribution in [-0.2, 0) is 12.8 Å². The van der Waals surface area contributed by atoms with Crippen LogP contribution in [-0.4, -0.2) is 5.97 Å². The maximum Gasteiger partial charge on any atom is 0.346 e. The first-order valence-electron chi connectivity index (χ1n) is 8.42. The lowest BCUT2D eigenvalue weighted by molar-refractivity contribution is 0.0729. The minimum absolute atomic E-state index is 0.0752. The highest BCUT2D eigenvalue weighted by Gasteiger charge is 2.20. The summed E-state index contributed by atoms with van der Waals surface area (Å²) < 4.78 is 33.1. The zero-order valence-corrected chi connectivity index (χ0v) is 14.3. The summed E-state index contributed by atoms with van der Waals surface area (Å²) in [4.78, 5) is 12.3. The molecule has 0 bridgehead atoms. The molecular weight excluding hydrogens is 336 g/mol. The molecule has 0 fully saturated rings. The lowest BCUT2D eigenvalue weighted by Gasteiger charge is -2.18. The molecule has 0 radical (unpaired) electrons. The second-order valence-electron chi connectivity index (χ2n) is 6.24. The van der Waals surface area contributed by atoms with Crippen molar-refractivity contribution in [1.29, 1.82) is 5.26 Å². The molecule has 3 nitrogen and oxygen atoms in total. The molecule has 2 aromatic carbocycles. The predicted molar refractivity (Wildman–Crippen MR) is 92.9 cm³/mol. The van der Waals surface area contributed by atoms with Crippen molar-refractivity contribution in [1.82, 2.24) is 0 Å². The average Bonchev–Trinajstić information content (AvgIpc) is 2.61. The Hall–Kier alpha value is -3.00. The van der Waals surface area contributed by atoms with Crippen molar-refractivity contribution in [2.75, 3.05) is 0 Å². The molecule has 0 amide bonds. The van der Waals surface area contributed by atoms with E-state index in [1.54, 1.807) is 6.07 Å². The van der Waals surface area contributed by atoms with Crippen molar-refractivity contribution in [3.8, 4) is 11.8 Å². The van der Waals surface area contributed by atoms with Crippen molar-refractivity contribution >= 4 is 5.97 Å². The second kappa shape index (κ2) is 7.49. The van der Waals surface area contributed by atoms with E-state index in [0.29, 0.717) is 12.8 Å². The van der Waals surface area contributed by atoms with E-state index in [9.17, 15) is 13.6 Å². The number of esters is 1. The second-order valence-corrected chi connectivity index (χ2v) is 6.24. The molecule has 0 aliphatic heterocycles. The minimum Gasteiger partial charge on any atom is -0.423 e. The van der Waals surface area contributed by atoms with Gasteiger partial charge in [0.05, 0.1) is 11.1 Å². The van der Waals surface area contributed by atoms with Crippen LogP contribution in [0, 0.1) is 23.0 Å². The molecular formula is C21H17F2NO2. The highest BCUT2D eigenvalue weighted by atomic mass is 19.1. The van der Waals surface area contributed by atoms with Gasteiger partial charge in [-0.05, 0) is 54.7 Å². The Labute approximate surface area is 150 Å². The summed E-state index contributed by atoms with van der Waals surface area (Å²) >= 11 is 0. The van der Waals surface area contributed by atoms with Gasteiger partial charge in [-0.15, -0.1) is 0 Å². The van der Waals surface area contributed by atoms with E-state index < -0.39 is 17.6 Å². The molecule has 0 N–H and O–H groups in total.